The highest BCUT2D eigenvalue weighted by Gasteiger charge is 2.11. The van der Waals surface area contributed by atoms with E-state index in [4.69, 9.17) is 5.11 Å². The number of carbonyl (C=O) groups is 2. The van der Waals surface area contributed by atoms with Gasteiger partial charge in [-0.05, 0) is 41.1 Å². The molecule has 5 nitrogen and oxygen atoms in total. The zero-order chi connectivity index (χ0) is 12.1. The molecule has 0 aliphatic carbocycles. The summed E-state index contributed by atoms with van der Waals surface area (Å²) in [6.45, 7) is 1.32. The van der Waals surface area contributed by atoms with Crippen LogP contribution in [0.3, 0.4) is 0 Å². The Kier molecular flexibility index (Phi) is 4.69. The van der Waals surface area contributed by atoms with E-state index in [1.807, 2.05) is 13.0 Å². The summed E-state index contributed by atoms with van der Waals surface area (Å²) in [5.41, 5.74) is 3.52. The number of hydrogen-bond acceptors (Lipinski definition) is 3. The molecule has 1 rings (SSSR count). The number of nitrogens with one attached hydrogen (secondary N) is 1. The van der Waals surface area contributed by atoms with Gasteiger partial charge in [-0.3, -0.25) is 9.63 Å². The molecule has 0 saturated carbocycles. The molecule has 0 unspecified atom stereocenters. The summed E-state index contributed by atoms with van der Waals surface area (Å²) < 4.78 is 0.816. The van der Waals surface area contributed by atoms with Gasteiger partial charge in [-0.15, -0.1) is 0 Å². The molecule has 0 aliphatic heterocycles. The van der Waals surface area contributed by atoms with Crippen LogP contribution >= 0.6 is 22.6 Å². The van der Waals surface area contributed by atoms with Crippen LogP contribution in [0.25, 0.3) is 0 Å². The van der Waals surface area contributed by atoms with Crippen LogP contribution in [0.4, 0.5) is 0 Å². The second-order valence-corrected chi connectivity index (χ2v) is 4.13. The van der Waals surface area contributed by atoms with E-state index in [1.165, 1.54) is 0 Å². The Morgan fingerprint density at radius 3 is 2.81 bits per heavy atom. The van der Waals surface area contributed by atoms with Crippen LogP contribution in [-0.2, 0) is 9.63 Å². The van der Waals surface area contributed by atoms with E-state index in [1.54, 1.807) is 12.1 Å². The standard InChI is InChI=1S/C10H10INO4/c1-6-3-2-4-7(9(6)11)10(15)12-16-5-8(13)14/h2-4H,5H2,1H3,(H,12,15)(H,13,14). The molecule has 0 radical (unpaired) electrons. The van der Waals surface area contributed by atoms with Crippen molar-refractivity contribution in [3.05, 3.63) is 32.9 Å². The molecule has 0 fully saturated rings. The molecule has 6 heteroatoms. The van der Waals surface area contributed by atoms with Crippen molar-refractivity contribution in [2.45, 2.75) is 6.92 Å². The summed E-state index contributed by atoms with van der Waals surface area (Å²) in [5, 5.41) is 8.32. The first-order valence-corrected chi connectivity index (χ1v) is 5.49. The normalized spacial score (nSPS) is 9.88. The van der Waals surface area contributed by atoms with E-state index in [2.05, 4.69) is 32.9 Å². The third kappa shape index (κ3) is 3.46. The van der Waals surface area contributed by atoms with E-state index in [9.17, 15) is 9.59 Å². The van der Waals surface area contributed by atoms with Crippen LogP contribution in [0.2, 0.25) is 0 Å². The predicted octanol–water partition coefficient (Wildman–Crippen LogP) is 1.35. The Morgan fingerprint density at radius 1 is 1.50 bits per heavy atom. The number of benzene rings is 1. The molecular weight excluding hydrogens is 325 g/mol. The zero-order valence-corrected chi connectivity index (χ0v) is 10.6. The maximum absolute atomic E-state index is 11.6. The summed E-state index contributed by atoms with van der Waals surface area (Å²) >= 11 is 2.05. The van der Waals surface area contributed by atoms with Gasteiger partial charge in [0, 0.05) is 3.57 Å². The van der Waals surface area contributed by atoms with Gasteiger partial charge in [-0.25, -0.2) is 10.3 Å². The first-order valence-electron chi connectivity index (χ1n) is 4.41. The van der Waals surface area contributed by atoms with Gasteiger partial charge in [-0.2, -0.15) is 0 Å². The molecule has 0 saturated heterocycles. The van der Waals surface area contributed by atoms with Crippen molar-refractivity contribution in [3.8, 4) is 0 Å². The number of carboxylic acid groups (broad SMARTS) is 1. The fourth-order valence-corrected chi connectivity index (χ4v) is 1.65. The zero-order valence-electron chi connectivity index (χ0n) is 8.49. The molecule has 86 valence electrons. The van der Waals surface area contributed by atoms with Crippen LogP contribution in [0.1, 0.15) is 15.9 Å². The molecule has 1 aromatic rings. The highest BCUT2D eigenvalue weighted by molar-refractivity contribution is 14.1. The van der Waals surface area contributed by atoms with Gasteiger partial charge in [0.1, 0.15) is 0 Å². The Labute approximate surface area is 106 Å². The highest BCUT2D eigenvalue weighted by Crippen LogP contribution is 2.16. The van der Waals surface area contributed by atoms with Gasteiger partial charge in [-0.1, -0.05) is 12.1 Å². The second-order valence-electron chi connectivity index (χ2n) is 3.05. The molecule has 1 amide bonds. The molecule has 0 heterocycles. The number of carbonyl (C=O) groups excluding carboxylic acids is 1. The number of aliphatic carboxylic acids is 1. The van der Waals surface area contributed by atoms with Gasteiger partial charge in [0.15, 0.2) is 6.61 Å². The van der Waals surface area contributed by atoms with E-state index in [0.717, 1.165) is 9.13 Å². The Bertz CT molecular complexity index is 419. The molecule has 0 bridgehead atoms. The molecule has 0 spiro atoms. The minimum absolute atomic E-state index is 0.450. The number of aryl methyl sites for hydroxylation is 1. The second kappa shape index (κ2) is 5.80. The summed E-state index contributed by atoms with van der Waals surface area (Å²) in [7, 11) is 0. The largest absolute Gasteiger partial charge is 0.479 e. The summed E-state index contributed by atoms with van der Waals surface area (Å²) in [6.07, 6.45) is 0. The van der Waals surface area contributed by atoms with Gasteiger partial charge in [0.25, 0.3) is 5.91 Å². The van der Waals surface area contributed by atoms with Crippen LogP contribution in [0.5, 0.6) is 0 Å². The molecule has 0 aliphatic rings. The number of carboxylic acids is 1. The number of rotatable bonds is 4. The van der Waals surface area contributed by atoms with Gasteiger partial charge < -0.3 is 5.11 Å². The lowest BCUT2D eigenvalue weighted by molar-refractivity contribution is -0.144. The fourth-order valence-electron chi connectivity index (χ4n) is 1.04. The van der Waals surface area contributed by atoms with Crippen molar-refractivity contribution < 1.29 is 19.5 Å². The topological polar surface area (TPSA) is 75.6 Å². The summed E-state index contributed by atoms with van der Waals surface area (Å²) in [4.78, 5) is 26.2. The lowest BCUT2D eigenvalue weighted by Gasteiger charge is -2.07. The Morgan fingerprint density at radius 2 is 2.19 bits per heavy atom. The number of halogens is 1. The summed E-state index contributed by atoms with van der Waals surface area (Å²) in [6, 6.07) is 5.29. The third-order valence-corrected chi connectivity index (χ3v) is 3.23. The van der Waals surface area contributed by atoms with Crippen molar-refractivity contribution in [2.24, 2.45) is 0 Å². The van der Waals surface area contributed by atoms with E-state index in [-0.39, 0.29) is 0 Å². The number of amides is 1. The molecule has 1 aromatic carbocycles. The quantitative estimate of drug-likeness (QED) is 0.643. The smallest absolute Gasteiger partial charge is 0.332 e. The monoisotopic (exact) mass is 335 g/mol. The first kappa shape index (κ1) is 12.9. The van der Waals surface area contributed by atoms with Crippen LogP contribution < -0.4 is 5.48 Å². The third-order valence-electron chi connectivity index (χ3n) is 1.80. The van der Waals surface area contributed by atoms with Crippen molar-refractivity contribution in [2.75, 3.05) is 6.61 Å². The minimum atomic E-state index is -1.14. The average molecular weight is 335 g/mol. The Balaban J connectivity index is 2.66. The molecule has 16 heavy (non-hydrogen) atoms. The SMILES string of the molecule is Cc1cccc(C(=O)NOCC(=O)O)c1I. The van der Waals surface area contributed by atoms with Crippen LogP contribution in [0.15, 0.2) is 18.2 Å². The number of hydrogen-bond donors (Lipinski definition) is 2. The van der Waals surface area contributed by atoms with E-state index in [0.29, 0.717) is 5.56 Å². The molecule has 0 aromatic heterocycles. The highest BCUT2D eigenvalue weighted by atomic mass is 127. The molecule has 2 N–H and O–H groups in total. The predicted molar refractivity (Wildman–Crippen MR) is 65.0 cm³/mol. The van der Waals surface area contributed by atoms with E-state index >= 15 is 0 Å². The van der Waals surface area contributed by atoms with Crippen molar-refractivity contribution >= 4 is 34.5 Å². The maximum atomic E-state index is 11.6. The van der Waals surface area contributed by atoms with Crippen LogP contribution in [-0.4, -0.2) is 23.6 Å². The van der Waals surface area contributed by atoms with Crippen LogP contribution in [0, 0.1) is 10.5 Å². The van der Waals surface area contributed by atoms with Gasteiger partial charge >= 0.3 is 5.97 Å². The van der Waals surface area contributed by atoms with Crippen molar-refractivity contribution in [3.63, 3.8) is 0 Å². The molecule has 0 atom stereocenters. The van der Waals surface area contributed by atoms with Crippen molar-refractivity contribution in [1.29, 1.82) is 0 Å². The Hall–Kier alpha value is -1.15. The first-order chi connectivity index (χ1) is 7.52. The lowest BCUT2D eigenvalue weighted by atomic mass is 10.1. The minimum Gasteiger partial charge on any atom is -0.479 e. The number of hydroxylamine groups is 1. The van der Waals surface area contributed by atoms with E-state index < -0.39 is 18.5 Å². The lowest BCUT2D eigenvalue weighted by Crippen LogP contribution is -2.27. The summed E-state index contributed by atoms with van der Waals surface area (Å²) in [5.74, 6) is -1.59. The fraction of sp³-hybridized carbons (Fsp3) is 0.200. The van der Waals surface area contributed by atoms with Gasteiger partial charge in [0.05, 0.1) is 5.56 Å². The average Bonchev–Trinajstić information content (AvgIpc) is 2.21. The maximum Gasteiger partial charge on any atom is 0.332 e. The van der Waals surface area contributed by atoms with Crippen molar-refractivity contribution in [1.82, 2.24) is 5.48 Å². The molecular formula is C10H10INO4. The van der Waals surface area contributed by atoms with Gasteiger partial charge in [0.2, 0.25) is 0 Å².